The van der Waals surface area contributed by atoms with Gasteiger partial charge in [0.1, 0.15) is 0 Å². The Hall–Kier alpha value is -0.120. The maximum absolute atomic E-state index is 9.67. The summed E-state index contributed by atoms with van der Waals surface area (Å²) >= 11 is 0. The lowest BCUT2D eigenvalue weighted by molar-refractivity contribution is 0.0660. The van der Waals surface area contributed by atoms with E-state index in [1.165, 1.54) is 32.1 Å². The van der Waals surface area contributed by atoms with Crippen LogP contribution in [0.1, 0.15) is 51.9 Å². The van der Waals surface area contributed by atoms with Crippen LogP contribution in [0.3, 0.4) is 0 Å². The third-order valence-electron chi connectivity index (χ3n) is 4.67. The predicted octanol–water partition coefficient (Wildman–Crippen LogP) is 2.09. The van der Waals surface area contributed by atoms with Gasteiger partial charge in [0, 0.05) is 18.7 Å². The van der Waals surface area contributed by atoms with Crippen LogP contribution < -0.4 is 5.32 Å². The largest absolute Gasteiger partial charge is 0.394 e. The molecule has 0 radical (unpaired) electrons. The van der Waals surface area contributed by atoms with Crippen molar-refractivity contribution in [3.8, 4) is 0 Å². The Morgan fingerprint density at radius 3 is 2.59 bits per heavy atom. The van der Waals surface area contributed by atoms with Gasteiger partial charge in [-0.05, 0) is 44.4 Å². The Labute approximate surface area is 105 Å². The minimum absolute atomic E-state index is 0.0162. The summed E-state index contributed by atoms with van der Waals surface area (Å²) in [4.78, 5) is 0. The molecule has 1 saturated heterocycles. The molecule has 100 valence electrons. The van der Waals surface area contributed by atoms with E-state index < -0.39 is 0 Å². The lowest BCUT2D eigenvalue weighted by Crippen LogP contribution is -2.53. The molecule has 3 heteroatoms. The molecule has 2 N–H and O–H groups in total. The Kier molecular flexibility index (Phi) is 4.83. The van der Waals surface area contributed by atoms with Gasteiger partial charge in [-0.1, -0.05) is 13.3 Å². The van der Waals surface area contributed by atoms with E-state index in [2.05, 4.69) is 12.2 Å². The summed E-state index contributed by atoms with van der Waals surface area (Å²) < 4.78 is 5.63. The molecule has 1 atom stereocenters. The second-order valence-electron chi connectivity index (χ2n) is 5.81. The van der Waals surface area contributed by atoms with Crippen LogP contribution in [-0.4, -0.2) is 36.5 Å². The van der Waals surface area contributed by atoms with Crippen LogP contribution >= 0.6 is 0 Å². The molecule has 0 spiro atoms. The zero-order chi connectivity index (χ0) is 12.1. The van der Waals surface area contributed by atoms with Crippen LogP contribution in [0.15, 0.2) is 0 Å². The topological polar surface area (TPSA) is 41.5 Å². The number of aliphatic hydroxyl groups is 1. The van der Waals surface area contributed by atoms with Crippen molar-refractivity contribution in [2.75, 3.05) is 19.8 Å². The van der Waals surface area contributed by atoms with Gasteiger partial charge in [0.25, 0.3) is 0 Å². The molecule has 2 aliphatic rings. The summed E-state index contributed by atoms with van der Waals surface area (Å²) in [7, 11) is 0. The molecule has 1 aliphatic carbocycles. The number of rotatable bonds is 5. The Morgan fingerprint density at radius 1 is 1.29 bits per heavy atom. The highest BCUT2D eigenvalue weighted by molar-refractivity contribution is 4.93. The highest BCUT2D eigenvalue weighted by Gasteiger charge is 2.34. The number of nitrogens with one attached hydrogen (secondary N) is 1. The first-order chi connectivity index (χ1) is 8.28. The molecule has 0 aromatic carbocycles. The van der Waals surface area contributed by atoms with Crippen molar-refractivity contribution in [3.63, 3.8) is 0 Å². The smallest absolute Gasteiger partial charge is 0.0700 e. The van der Waals surface area contributed by atoms with Crippen molar-refractivity contribution in [1.82, 2.24) is 5.32 Å². The number of ether oxygens (including phenoxy) is 1. The number of aliphatic hydroxyl groups excluding tert-OH is 1. The molecule has 0 aromatic heterocycles. The third kappa shape index (κ3) is 3.43. The molecule has 1 unspecified atom stereocenters. The van der Waals surface area contributed by atoms with Gasteiger partial charge in [-0.3, -0.25) is 0 Å². The average Bonchev–Trinajstić information content (AvgIpc) is 2.90. The van der Waals surface area contributed by atoms with Gasteiger partial charge in [0.05, 0.1) is 12.7 Å². The summed E-state index contributed by atoms with van der Waals surface area (Å²) in [5, 5.41) is 13.3. The lowest BCUT2D eigenvalue weighted by Gasteiger charge is -2.40. The fourth-order valence-corrected chi connectivity index (χ4v) is 3.16. The van der Waals surface area contributed by atoms with E-state index in [4.69, 9.17) is 4.74 Å². The fourth-order valence-electron chi connectivity index (χ4n) is 3.16. The Morgan fingerprint density at radius 2 is 2.06 bits per heavy atom. The molecule has 1 saturated carbocycles. The van der Waals surface area contributed by atoms with E-state index in [9.17, 15) is 5.11 Å². The Bertz CT molecular complexity index is 218. The van der Waals surface area contributed by atoms with Gasteiger partial charge in [0.2, 0.25) is 0 Å². The van der Waals surface area contributed by atoms with Crippen molar-refractivity contribution < 1.29 is 9.84 Å². The van der Waals surface area contributed by atoms with Crippen LogP contribution in [0.2, 0.25) is 0 Å². The van der Waals surface area contributed by atoms with Crippen LogP contribution in [0.5, 0.6) is 0 Å². The molecule has 0 aromatic rings. The molecule has 1 heterocycles. The monoisotopic (exact) mass is 241 g/mol. The van der Waals surface area contributed by atoms with E-state index in [1.807, 2.05) is 0 Å². The van der Waals surface area contributed by atoms with Crippen LogP contribution in [0, 0.1) is 5.92 Å². The molecule has 0 amide bonds. The van der Waals surface area contributed by atoms with Crippen LogP contribution in [0.4, 0.5) is 0 Å². The highest BCUT2D eigenvalue weighted by Crippen LogP contribution is 2.33. The summed E-state index contributed by atoms with van der Waals surface area (Å²) in [6.45, 7) is 4.38. The lowest BCUT2D eigenvalue weighted by atomic mass is 9.76. The van der Waals surface area contributed by atoms with Crippen molar-refractivity contribution >= 4 is 0 Å². The minimum Gasteiger partial charge on any atom is -0.394 e. The maximum Gasteiger partial charge on any atom is 0.0700 e. The summed E-state index contributed by atoms with van der Waals surface area (Å²) in [5.74, 6) is 0.874. The summed E-state index contributed by atoms with van der Waals surface area (Å²) in [6, 6.07) is 0. The predicted molar refractivity (Wildman–Crippen MR) is 69.0 cm³/mol. The molecule has 3 nitrogen and oxygen atoms in total. The van der Waals surface area contributed by atoms with Gasteiger partial charge >= 0.3 is 0 Å². The van der Waals surface area contributed by atoms with Crippen molar-refractivity contribution in [3.05, 3.63) is 0 Å². The highest BCUT2D eigenvalue weighted by atomic mass is 16.5. The third-order valence-corrected chi connectivity index (χ3v) is 4.67. The van der Waals surface area contributed by atoms with Crippen molar-refractivity contribution in [2.24, 2.45) is 5.92 Å². The quantitative estimate of drug-likeness (QED) is 0.774. The second kappa shape index (κ2) is 6.17. The number of hydrogen-bond donors (Lipinski definition) is 2. The fraction of sp³-hybridized carbons (Fsp3) is 1.00. The molecular formula is C14H27NO2. The van der Waals surface area contributed by atoms with E-state index in [0.717, 1.165) is 31.9 Å². The molecule has 17 heavy (non-hydrogen) atoms. The van der Waals surface area contributed by atoms with E-state index in [-0.39, 0.29) is 12.1 Å². The summed E-state index contributed by atoms with van der Waals surface area (Å²) in [6.07, 6.45) is 8.78. The zero-order valence-corrected chi connectivity index (χ0v) is 11.1. The maximum atomic E-state index is 9.67. The van der Waals surface area contributed by atoms with Crippen molar-refractivity contribution in [2.45, 2.75) is 63.5 Å². The average molecular weight is 241 g/mol. The molecule has 1 aliphatic heterocycles. The van der Waals surface area contributed by atoms with Gasteiger partial charge < -0.3 is 15.2 Å². The summed E-state index contributed by atoms with van der Waals surface area (Å²) in [5.41, 5.74) is -0.0162. The minimum atomic E-state index is -0.0162. The van der Waals surface area contributed by atoms with Gasteiger partial charge in [-0.2, -0.15) is 0 Å². The second-order valence-corrected chi connectivity index (χ2v) is 5.81. The number of hydrogen-bond acceptors (Lipinski definition) is 3. The first kappa shape index (κ1) is 13.3. The molecule has 2 rings (SSSR count). The van der Waals surface area contributed by atoms with Gasteiger partial charge in [-0.15, -0.1) is 0 Å². The van der Waals surface area contributed by atoms with Gasteiger partial charge in [0.15, 0.2) is 0 Å². The molecule has 0 bridgehead atoms. The normalized spacial score (nSPS) is 38.5. The van der Waals surface area contributed by atoms with E-state index >= 15 is 0 Å². The first-order valence-electron chi connectivity index (χ1n) is 7.25. The molecular weight excluding hydrogens is 214 g/mol. The van der Waals surface area contributed by atoms with Gasteiger partial charge in [-0.25, -0.2) is 0 Å². The standard InChI is InChI=1S/C14H27NO2/c1-2-12-5-7-14(11-16,8-6-12)15-10-13-4-3-9-17-13/h12-13,15-16H,2-11H2,1H3. The van der Waals surface area contributed by atoms with E-state index in [0.29, 0.717) is 6.10 Å². The first-order valence-corrected chi connectivity index (χ1v) is 7.25. The zero-order valence-electron chi connectivity index (χ0n) is 11.1. The van der Waals surface area contributed by atoms with E-state index in [1.54, 1.807) is 0 Å². The molecule has 2 fully saturated rings. The Balaban J connectivity index is 1.78. The SMILES string of the molecule is CCC1CCC(CO)(NCC2CCCO2)CC1. The van der Waals surface area contributed by atoms with Crippen LogP contribution in [-0.2, 0) is 4.74 Å². The van der Waals surface area contributed by atoms with Crippen molar-refractivity contribution in [1.29, 1.82) is 0 Å². The van der Waals surface area contributed by atoms with Crippen LogP contribution in [0.25, 0.3) is 0 Å².